The molecule has 5 heteroatoms. The molecule has 0 saturated carbocycles. The van der Waals surface area contributed by atoms with E-state index in [0.717, 1.165) is 12.0 Å². The first-order chi connectivity index (χ1) is 9.15. The Hall–Kier alpha value is -1.46. The molecule has 19 heavy (non-hydrogen) atoms. The second kappa shape index (κ2) is 4.90. The van der Waals surface area contributed by atoms with Gasteiger partial charge in [0, 0.05) is 31.3 Å². The van der Waals surface area contributed by atoms with Gasteiger partial charge in [0.25, 0.3) is 0 Å². The molecule has 3 aliphatic heterocycles. The van der Waals surface area contributed by atoms with Gasteiger partial charge in [0.2, 0.25) is 0 Å². The van der Waals surface area contributed by atoms with Gasteiger partial charge in [0.1, 0.15) is 0 Å². The van der Waals surface area contributed by atoms with Gasteiger partial charge in [0.05, 0.1) is 12.6 Å². The van der Waals surface area contributed by atoms with Crippen molar-refractivity contribution in [2.45, 2.75) is 44.9 Å². The Morgan fingerprint density at radius 1 is 1.53 bits per heavy atom. The van der Waals surface area contributed by atoms with Gasteiger partial charge in [-0.15, -0.1) is 0 Å². The molecule has 0 amide bonds. The lowest BCUT2D eigenvalue weighted by atomic mass is 9.86. The highest BCUT2D eigenvalue weighted by Crippen LogP contribution is 2.31. The summed E-state index contributed by atoms with van der Waals surface area (Å²) in [5.74, 6) is 0.255. The standard InChI is InChI=1S/C14H20N4O/c1-9(2)17-18-8-10-6-11(19)7-16-13(10)12-4-3-5-15-14(12)18/h4-5,8-9,13-14,16-17H,3,6-7H2,1-2H3. The fourth-order valence-electron chi connectivity index (χ4n) is 2.89. The number of allylic oxidation sites excluding steroid dienone is 1. The first-order valence-electron chi connectivity index (χ1n) is 6.87. The maximum absolute atomic E-state index is 11.6. The molecule has 1 fully saturated rings. The van der Waals surface area contributed by atoms with E-state index in [1.807, 2.05) is 11.2 Å². The number of fused-ring (bicyclic) bond motifs is 3. The molecule has 0 bridgehead atoms. The number of aliphatic imine (C=N–C) groups is 1. The summed E-state index contributed by atoms with van der Waals surface area (Å²) in [6.45, 7) is 4.67. The Kier molecular flexibility index (Phi) is 3.24. The number of Topliss-reactive ketones (excluding diaryl/α,β-unsaturated/α-hetero) is 1. The van der Waals surface area contributed by atoms with E-state index in [1.54, 1.807) is 0 Å². The number of piperidine rings is 1. The van der Waals surface area contributed by atoms with E-state index in [9.17, 15) is 4.79 Å². The summed E-state index contributed by atoms with van der Waals surface area (Å²) in [6, 6.07) is 0.518. The zero-order valence-corrected chi connectivity index (χ0v) is 11.4. The summed E-state index contributed by atoms with van der Waals surface area (Å²) < 4.78 is 0. The third-order valence-corrected chi connectivity index (χ3v) is 3.59. The highest BCUT2D eigenvalue weighted by atomic mass is 16.1. The van der Waals surface area contributed by atoms with Crippen LogP contribution in [0, 0.1) is 0 Å². The van der Waals surface area contributed by atoms with Gasteiger partial charge in [-0.05, 0) is 25.0 Å². The fraction of sp³-hybridized carbons (Fsp3) is 0.571. The van der Waals surface area contributed by atoms with Crippen molar-refractivity contribution in [3.63, 3.8) is 0 Å². The van der Waals surface area contributed by atoms with E-state index in [1.165, 1.54) is 5.57 Å². The Labute approximate surface area is 113 Å². The predicted molar refractivity (Wildman–Crippen MR) is 74.6 cm³/mol. The summed E-state index contributed by atoms with van der Waals surface area (Å²) in [7, 11) is 0. The second-order valence-corrected chi connectivity index (χ2v) is 5.57. The molecule has 0 aliphatic carbocycles. The van der Waals surface area contributed by atoms with Gasteiger partial charge in [-0.2, -0.15) is 0 Å². The van der Waals surface area contributed by atoms with Crippen LogP contribution >= 0.6 is 0 Å². The third kappa shape index (κ3) is 2.35. The van der Waals surface area contributed by atoms with Crippen LogP contribution in [0.1, 0.15) is 26.7 Å². The Morgan fingerprint density at radius 2 is 2.37 bits per heavy atom. The molecule has 2 N–H and O–H groups in total. The molecule has 2 atom stereocenters. The molecule has 1 saturated heterocycles. The number of nitrogens with zero attached hydrogens (tertiary/aromatic N) is 2. The number of ketones is 1. The van der Waals surface area contributed by atoms with Crippen LogP contribution in [0.4, 0.5) is 0 Å². The maximum Gasteiger partial charge on any atom is 0.157 e. The lowest BCUT2D eigenvalue weighted by Gasteiger charge is -2.43. The normalized spacial score (nSPS) is 29.8. The lowest BCUT2D eigenvalue weighted by Crippen LogP contribution is -2.55. The SMILES string of the molecule is CC(C)NN1C=C2CC(=O)CNC2C2=CCC=NC21. The second-order valence-electron chi connectivity index (χ2n) is 5.57. The average Bonchev–Trinajstić information content (AvgIpc) is 2.38. The molecule has 5 nitrogen and oxygen atoms in total. The first-order valence-corrected chi connectivity index (χ1v) is 6.87. The van der Waals surface area contributed by atoms with E-state index < -0.39 is 0 Å². The van der Waals surface area contributed by atoms with Crippen LogP contribution in [0.5, 0.6) is 0 Å². The van der Waals surface area contributed by atoms with Crippen molar-refractivity contribution in [2.24, 2.45) is 4.99 Å². The molecular weight excluding hydrogens is 240 g/mol. The topological polar surface area (TPSA) is 56.7 Å². The number of nitrogens with one attached hydrogen (secondary N) is 2. The number of rotatable bonds is 2. The first kappa shape index (κ1) is 12.6. The summed E-state index contributed by atoms with van der Waals surface area (Å²) in [5.41, 5.74) is 5.80. The van der Waals surface area contributed by atoms with Crippen LogP contribution < -0.4 is 10.7 Å². The predicted octanol–water partition coefficient (Wildman–Crippen LogP) is 0.757. The molecule has 0 aromatic carbocycles. The summed E-state index contributed by atoms with van der Waals surface area (Å²) in [5, 5.41) is 5.37. The summed E-state index contributed by atoms with van der Waals surface area (Å²) >= 11 is 0. The Balaban J connectivity index is 1.94. The minimum Gasteiger partial charge on any atom is -0.300 e. The average molecular weight is 260 g/mol. The molecule has 0 radical (unpaired) electrons. The Bertz CT molecular complexity index is 478. The van der Waals surface area contributed by atoms with E-state index >= 15 is 0 Å². The molecule has 0 aromatic heterocycles. The maximum atomic E-state index is 11.6. The van der Waals surface area contributed by atoms with Gasteiger partial charge >= 0.3 is 0 Å². The number of dihydropyridines is 1. The number of hydrogen-bond donors (Lipinski definition) is 2. The van der Waals surface area contributed by atoms with Crippen LogP contribution in [0.25, 0.3) is 0 Å². The zero-order valence-electron chi connectivity index (χ0n) is 11.4. The Morgan fingerprint density at radius 3 is 3.16 bits per heavy atom. The number of carbonyl (C=O) groups is 1. The summed E-state index contributed by atoms with van der Waals surface area (Å²) in [4.78, 5) is 16.2. The molecule has 0 spiro atoms. The molecular formula is C14H20N4O. The van der Waals surface area contributed by atoms with Crippen LogP contribution in [0.3, 0.4) is 0 Å². The van der Waals surface area contributed by atoms with Gasteiger partial charge in [-0.3, -0.25) is 20.1 Å². The van der Waals surface area contributed by atoms with Crippen LogP contribution in [0.15, 0.2) is 28.4 Å². The minimum absolute atomic E-state index is 0.0191. The van der Waals surface area contributed by atoms with Crippen LogP contribution in [-0.2, 0) is 4.79 Å². The molecule has 3 rings (SSSR count). The van der Waals surface area contributed by atoms with Crippen molar-refractivity contribution < 1.29 is 4.79 Å². The van der Waals surface area contributed by atoms with Gasteiger partial charge in [0.15, 0.2) is 11.9 Å². The van der Waals surface area contributed by atoms with Crippen molar-refractivity contribution in [1.82, 2.24) is 15.8 Å². The molecule has 0 aromatic rings. The lowest BCUT2D eigenvalue weighted by molar-refractivity contribution is -0.118. The van der Waals surface area contributed by atoms with Crippen LogP contribution in [-0.4, -0.2) is 41.8 Å². The van der Waals surface area contributed by atoms with E-state index in [0.29, 0.717) is 19.0 Å². The van der Waals surface area contributed by atoms with Gasteiger partial charge in [-0.1, -0.05) is 6.08 Å². The number of hydrogen-bond acceptors (Lipinski definition) is 5. The summed E-state index contributed by atoms with van der Waals surface area (Å²) in [6.07, 6.45) is 7.68. The highest BCUT2D eigenvalue weighted by molar-refractivity contribution is 5.85. The van der Waals surface area contributed by atoms with Crippen molar-refractivity contribution in [3.8, 4) is 0 Å². The third-order valence-electron chi connectivity index (χ3n) is 3.59. The quantitative estimate of drug-likeness (QED) is 0.720. The van der Waals surface area contributed by atoms with E-state index in [4.69, 9.17) is 0 Å². The van der Waals surface area contributed by atoms with Crippen LogP contribution in [0.2, 0.25) is 0 Å². The molecule has 3 heterocycles. The van der Waals surface area contributed by atoms with E-state index in [2.05, 4.69) is 41.9 Å². The smallest absolute Gasteiger partial charge is 0.157 e. The largest absolute Gasteiger partial charge is 0.300 e. The van der Waals surface area contributed by atoms with Crippen molar-refractivity contribution in [1.29, 1.82) is 0 Å². The number of hydrazine groups is 1. The fourth-order valence-corrected chi connectivity index (χ4v) is 2.89. The molecule has 2 unspecified atom stereocenters. The number of carbonyl (C=O) groups excluding carboxylic acids is 1. The zero-order chi connectivity index (χ0) is 13.4. The molecule has 102 valence electrons. The van der Waals surface area contributed by atoms with Crippen molar-refractivity contribution >= 4 is 12.0 Å². The van der Waals surface area contributed by atoms with Crippen molar-refractivity contribution in [3.05, 3.63) is 23.4 Å². The van der Waals surface area contributed by atoms with Gasteiger partial charge < -0.3 is 0 Å². The molecule has 3 aliphatic rings. The monoisotopic (exact) mass is 260 g/mol. The highest BCUT2D eigenvalue weighted by Gasteiger charge is 2.37. The van der Waals surface area contributed by atoms with E-state index in [-0.39, 0.29) is 18.0 Å². The van der Waals surface area contributed by atoms with Crippen molar-refractivity contribution in [2.75, 3.05) is 6.54 Å². The minimum atomic E-state index is 0.0191. The van der Waals surface area contributed by atoms with Gasteiger partial charge in [-0.25, -0.2) is 5.43 Å².